The largest absolute Gasteiger partial charge is 0.326 e. The highest BCUT2D eigenvalue weighted by Crippen LogP contribution is 2.22. The molecule has 0 spiro atoms. The van der Waals surface area contributed by atoms with Gasteiger partial charge in [0.1, 0.15) is 0 Å². The summed E-state index contributed by atoms with van der Waals surface area (Å²) in [5.41, 5.74) is 7.38. The van der Waals surface area contributed by atoms with Crippen molar-refractivity contribution in [1.82, 2.24) is 9.88 Å². The van der Waals surface area contributed by atoms with Crippen LogP contribution < -0.4 is 5.73 Å². The van der Waals surface area contributed by atoms with Gasteiger partial charge in [0, 0.05) is 31.0 Å². The van der Waals surface area contributed by atoms with Crippen LogP contribution in [0.4, 0.5) is 0 Å². The predicted octanol–water partition coefficient (Wildman–Crippen LogP) is 2.45. The van der Waals surface area contributed by atoms with E-state index in [9.17, 15) is 0 Å². The molecule has 0 fully saturated rings. The zero-order chi connectivity index (χ0) is 12.8. The second kappa shape index (κ2) is 6.72. The Morgan fingerprint density at radius 1 is 1.29 bits per heavy atom. The van der Waals surface area contributed by atoms with Crippen LogP contribution in [0.1, 0.15) is 38.8 Å². The van der Waals surface area contributed by atoms with Gasteiger partial charge in [0.15, 0.2) is 0 Å². The summed E-state index contributed by atoms with van der Waals surface area (Å²) in [6.07, 6.45) is 4.87. The number of likely N-dealkylation sites (N-methyl/N-ethyl adjacent to an activating group) is 1. The summed E-state index contributed by atoms with van der Waals surface area (Å²) in [7, 11) is 2.15. The first-order valence-electron chi connectivity index (χ1n) is 6.42. The van der Waals surface area contributed by atoms with Crippen LogP contribution in [0.5, 0.6) is 0 Å². The number of aromatic nitrogens is 1. The Kier molecular flexibility index (Phi) is 5.59. The molecule has 1 aromatic rings. The second-order valence-corrected chi connectivity index (χ2v) is 5.04. The van der Waals surface area contributed by atoms with E-state index in [0.29, 0.717) is 5.92 Å². The Morgan fingerprint density at radius 2 is 1.88 bits per heavy atom. The van der Waals surface area contributed by atoms with Gasteiger partial charge in [-0.15, -0.1) is 0 Å². The highest BCUT2D eigenvalue weighted by molar-refractivity contribution is 5.16. The van der Waals surface area contributed by atoms with Gasteiger partial charge >= 0.3 is 0 Å². The van der Waals surface area contributed by atoms with Gasteiger partial charge in [-0.2, -0.15) is 0 Å². The highest BCUT2D eigenvalue weighted by atomic mass is 15.1. The third-order valence-electron chi connectivity index (χ3n) is 3.32. The molecule has 0 saturated carbocycles. The lowest BCUT2D eigenvalue weighted by atomic mass is 9.99. The van der Waals surface area contributed by atoms with Gasteiger partial charge in [-0.3, -0.25) is 9.88 Å². The second-order valence-electron chi connectivity index (χ2n) is 5.04. The van der Waals surface area contributed by atoms with Gasteiger partial charge in [0.2, 0.25) is 0 Å². The number of rotatable bonds is 6. The normalized spacial score (nSPS) is 16.8. The number of nitrogens with zero attached hydrogens (tertiary/aromatic N) is 2. The van der Waals surface area contributed by atoms with Crippen molar-refractivity contribution < 1.29 is 0 Å². The zero-order valence-corrected chi connectivity index (χ0v) is 11.4. The van der Waals surface area contributed by atoms with Crippen LogP contribution in [-0.4, -0.2) is 29.5 Å². The summed E-state index contributed by atoms with van der Waals surface area (Å²) in [5.74, 6) is 0.697. The summed E-state index contributed by atoms with van der Waals surface area (Å²) >= 11 is 0. The smallest absolute Gasteiger partial charge is 0.0494 e. The molecule has 0 saturated heterocycles. The van der Waals surface area contributed by atoms with Crippen molar-refractivity contribution in [3.05, 3.63) is 30.1 Å². The standard InChI is InChI=1S/C14H25N3/c1-5-11(2)10-17(4)14(12(3)15)13-6-8-16-9-7-13/h6-9,11-12,14H,5,10,15H2,1-4H3. The quantitative estimate of drug-likeness (QED) is 0.823. The number of pyridine rings is 1. The van der Waals surface area contributed by atoms with Gasteiger partial charge in [0.25, 0.3) is 0 Å². The minimum Gasteiger partial charge on any atom is -0.326 e. The van der Waals surface area contributed by atoms with Gasteiger partial charge in [0.05, 0.1) is 0 Å². The first-order chi connectivity index (χ1) is 8.06. The molecular weight excluding hydrogens is 210 g/mol. The Hall–Kier alpha value is -0.930. The van der Waals surface area contributed by atoms with Crippen LogP contribution >= 0.6 is 0 Å². The molecule has 1 heterocycles. The molecule has 0 amide bonds. The van der Waals surface area contributed by atoms with Gasteiger partial charge in [-0.25, -0.2) is 0 Å². The van der Waals surface area contributed by atoms with Crippen molar-refractivity contribution in [3.63, 3.8) is 0 Å². The monoisotopic (exact) mass is 235 g/mol. The molecule has 17 heavy (non-hydrogen) atoms. The molecule has 3 unspecified atom stereocenters. The Morgan fingerprint density at radius 3 is 2.35 bits per heavy atom. The van der Waals surface area contributed by atoms with Crippen molar-refractivity contribution in [1.29, 1.82) is 0 Å². The zero-order valence-electron chi connectivity index (χ0n) is 11.4. The van der Waals surface area contributed by atoms with E-state index in [0.717, 1.165) is 6.54 Å². The summed E-state index contributed by atoms with van der Waals surface area (Å²) in [6, 6.07) is 4.50. The highest BCUT2D eigenvalue weighted by Gasteiger charge is 2.21. The summed E-state index contributed by atoms with van der Waals surface area (Å²) in [5, 5.41) is 0. The molecule has 3 nitrogen and oxygen atoms in total. The first-order valence-corrected chi connectivity index (χ1v) is 6.42. The molecule has 3 atom stereocenters. The maximum atomic E-state index is 6.12. The molecule has 0 aliphatic rings. The SMILES string of the molecule is CCC(C)CN(C)C(c1ccncc1)C(C)N. The molecule has 0 aliphatic carbocycles. The lowest BCUT2D eigenvalue weighted by Gasteiger charge is -2.33. The maximum absolute atomic E-state index is 6.12. The van der Waals surface area contributed by atoms with E-state index in [4.69, 9.17) is 5.73 Å². The minimum absolute atomic E-state index is 0.117. The molecule has 0 aromatic carbocycles. The molecule has 96 valence electrons. The van der Waals surface area contributed by atoms with Gasteiger partial charge in [-0.1, -0.05) is 20.3 Å². The van der Waals surface area contributed by atoms with Crippen molar-refractivity contribution in [2.75, 3.05) is 13.6 Å². The van der Waals surface area contributed by atoms with Crippen molar-refractivity contribution in [3.8, 4) is 0 Å². The van der Waals surface area contributed by atoms with E-state index in [-0.39, 0.29) is 12.1 Å². The van der Waals surface area contributed by atoms with Gasteiger partial charge < -0.3 is 5.73 Å². The summed E-state index contributed by atoms with van der Waals surface area (Å²) in [4.78, 5) is 6.42. The van der Waals surface area contributed by atoms with Crippen LogP contribution in [0.25, 0.3) is 0 Å². The molecular formula is C14H25N3. The van der Waals surface area contributed by atoms with E-state index < -0.39 is 0 Å². The fourth-order valence-corrected chi connectivity index (χ4v) is 2.25. The molecule has 3 heteroatoms. The predicted molar refractivity (Wildman–Crippen MR) is 72.7 cm³/mol. The molecule has 0 aliphatic heterocycles. The Bertz CT molecular complexity index is 311. The van der Waals surface area contributed by atoms with E-state index >= 15 is 0 Å². The molecule has 1 aromatic heterocycles. The van der Waals surface area contributed by atoms with E-state index in [1.165, 1.54) is 12.0 Å². The van der Waals surface area contributed by atoms with Crippen molar-refractivity contribution in [2.45, 2.75) is 39.3 Å². The average molecular weight is 235 g/mol. The third-order valence-corrected chi connectivity index (χ3v) is 3.32. The van der Waals surface area contributed by atoms with Crippen LogP contribution in [0, 0.1) is 5.92 Å². The number of nitrogens with two attached hydrogens (primary N) is 1. The third kappa shape index (κ3) is 4.10. The first kappa shape index (κ1) is 14.1. The van der Waals surface area contributed by atoms with Crippen LogP contribution in [0.3, 0.4) is 0 Å². The van der Waals surface area contributed by atoms with E-state index in [1.54, 1.807) is 0 Å². The lowest BCUT2D eigenvalue weighted by molar-refractivity contribution is 0.190. The minimum atomic E-state index is 0.117. The fraction of sp³-hybridized carbons (Fsp3) is 0.643. The Labute approximate surface area is 105 Å². The lowest BCUT2D eigenvalue weighted by Crippen LogP contribution is -2.39. The summed E-state index contributed by atoms with van der Waals surface area (Å²) < 4.78 is 0. The molecule has 0 bridgehead atoms. The summed E-state index contributed by atoms with van der Waals surface area (Å²) in [6.45, 7) is 7.65. The average Bonchev–Trinajstić information content (AvgIpc) is 2.29. The van der Waals surface area contributed by atoms with E-state index in [2.05, 4.69) is 49.8 Å². The van der Waals surface area contributed by atoms with Gasteiger partial charge in [-0.05, 0) is 37.6 Å². The molecule has 2 N–H and O–H groups in total. The Balaban J connectivity index is 2.79. The molecule has 1 rings (SSSR count). The van der Waals surface area contributed by atoms with Crippen LogP contribution in [0.15, 0.2) is 24.5 Å². The number of hydrogen-bond donors (Lipinski definition) is 1. The fourth-order valence-electron chi connectivity index (χ4n) is 2.25. The van der Waals surface area contributed by atoms with Crippen LogP contribution in [0.2, 0.25) is 0 Å². The van der Waals surface area contributed by atoms with Crippen molar-refractivity contribution >= 4 is 0 Å². The number of hydrogen-bond acceptors (Lipinski definition) is 3. The topological polar surface area (TPSA) is 42.2 Å². The van der Waals surface area contributed by atoms with E-state index in [1.807, 2.05) is 12.4 Å². The van der Waals surface area contributed by atoms with Crippen LogP contribution in [-0.2, 0) is 0 Å². The molecule has 0 radical (unpaired) electrons. The van der Waals surface area contributed by atoms with Crippen molar-refractivity contribution in [2.24, 2.45) is 11.7 Å². The maximum Gasteiger partial charge on any atom is 0.0494 e.